The van der Waals surface area contributed by atoms with Crippen molar-refractivity contribution in [1.29, 1.82) is 0 Å². The number of anilines is 1. The van der Waals surface area contributed by atoms with Gasteiger partial charge in [0.15, 0.2) is 0 Å². The average molecular weight is 356 g/mol. The zero-order valence-corrected chi connectivity index (χ0v) is 15.1. The molecule has 0 saturated heterocycles. The van der Waals surface area contributed by atoms with E-state index in [0.717, 1.165) is 17.1 Å². The first-order valence-corrected chi connectivity index (χ1v) is 8.53. The molecule has 0 atom stereocenters. The summed E-state index contributed by atoms with van der Waals surface area (Å²) in [6.07, 6.45) is 0.453. The number of benzene rings is 2. The number of amides is 2. The lowest BCUT2D eigenvalue weighted by Crippen LogP contribution is -2.29. The minimum Gasteiger partial charge on any atom is -0.497 e. The number of carbonyl (C=O) groups excluding carboxylic acids is 2. The molecule has 6 heteroatoms. The highest BCUT2D eigenvalue weighted by Gasteiger charge is 2.09. The molecule has 0 heterocycles. The largest absolute Gasteiger partial charge is 0.497 e. The van der Waals surface area contributed by atoms with Crippen LogP contribution in [0.4, 0.5) is 5.69 Å². The molecule has 0 fully saturated rings. The number of hydrogen-bond acceptors (Lipinski definition) is 4. The lowest BCUT2D eigenvalue weighted by molar-refractivity contribution is -0.126. The molecule has 0 aliphatic heterocycles. The van der Waals surface area contributed by atoms with E-state index in [-0.39, 0.29) is 18.2 Å². The Balaban J connectivity index is 1.72. The molecule has 2 amide bonds. The molecule has 26 heavy (non-hydrogen) atoms. The third kappa shape index (κ3) is 6.47. The van der Waals surface area contributed by atoms with Crippen LogP contribution in [0.5, 0.6) is 11.5 Å². The Bertz CT molecular complexity index is 729. The van der Waals surface area contributed by atoms with Gasteiger partial charge in [-0.05, 0) is 55.3 Å². The first kappa shape index (κ1) is 19.3. The van der Waals surface area contributed by atoms with Gasteiger partial charge in [0, 0.05) is 12.2 Å². The van der Waals surface area contributed by atoms with Crippen molar-refractivity contribution in [1.82, 2.24) is 5.32 Å². The summed E-state index contributed by atoms with van der Waals surface area (Å²) in [7, 11) is 1.61. The highest BCUT2D eigenvalue weighted by molar-refractivity contribution is 6.03. The third-order valence-corrected chi connectivity index (χ3v) is 3.64. The summed E-state index contributed by atoms with van der Waals surface area (Å²) in [5, 5.41) is 5.44. The van der Waals surface area contributed by atoms with Crippen LogP contribution in [-0.4, -0.2) is 32.1 Å². The lowest BCUT2D eigenvalue weighted by Gasteiger charge is -2.08. The average Bonchev–Trinajstić information content (AvgIpc) is 2.63. The fraction of sp³-hybridized carbons (Fsp3) is 0.300. The second-order valence-corrected chi connectivity index (χ2v) is 5.63. The van der Waals surface area contributed by atoms with Gasteiger partial charge >= 0.3 is 0 Å². The van der Waals surface area contributed by atoms with Crippen LogP contribution >= 0.6 is 0 Å². The summed E-state index contributed by atoms with van der Waals surface area (Å²) in [5.74, 6) is 0.855. The Morgan fingerprint density at radius 2 is 1.77 bits per heavy atom. The number of methoxy groups -OCH3 is 1. The fourth-order valence-electron chi connectivity index (χ4n) is 2.39. The van der Waals surface area contributed by atoms with Gasteiger partial charge in [-0.25, -0.2) is 0 Å². The van der Waals surface area contributed by atoms with Gasteiger partial charge in [-0.2, -0.15) is 0 Å². The molecule has 0 aromatic heterocycles. The molecule has 2 N–H and O–H groups in total. The van der Waals surface area contributed by atoms with Crippen LogP contribution in [0.15, 0.2) is 48.5 Å². The van der Waals surface area contributed by atoms with Crippen molar-refractivity contribution in [2.45, 2.75) is 19.8 Å². The monoisotopic (exact) mass is 356 g/mol. The van der Waals surface area contributed by atoms with E-state index in [1.807, 2.05) is 31.2 Å². The van der Waals surface area contributed by atoms with Gasteiger partial charge in [0.25, 0.3) is 0 Å². The predicted molar refractivity (Wildman–Crippen MR) is 101 cm³/mol. The van der Waals surface area contributed by atoms with Crippen molar-refractivity contribution in [3.63, 3.8) is 0 Å². The van der Waals surface area contributed by atoms with Crippen molar-refractivity contribution in [2.24, 2.45) is 0 Å². The maximum absolute atomic E-state index is 11.9. The zero-order valence-electron chi connectivity index (χ0n) is 15.1. The Labute approximate surface area is 153 Å². The van der Waals surface area contributed by atoms with E-state index in [2.05, 4.69) is 10.6 Å². The smallest absolute Gasteiger partial charge is 0.233 e. The van der Waals surface area contributed by atoms with Crippen molar-refractivity contribution in [2.75, 3.05) is 25.6 Å². The lowest BCUT2D eigenvalue weighted by atomic mass is 10.1. The van der Waals surface area contributed by atoms with Crippen LogP contribution in [0.3, 0.4) is 0 Å². The molecule has 2 aromatic carbocycles. The molecule has 0 saturated carbocycles. The molecule has 138 valence electrons. The maximum Gasteiger partial charge on any atom is 0.233 e. The Hall–Kier alpha value is -3.02. The van der Waals surface area contributed by atoms with Crippen molar-refractivity contribution >= 4 is 17.5 Å². The summed E-state index contributed by atoms with van der Waals surface area (Å²) < 4.78 is 10.5. The van der Waals surface area contributed by atoms with Crippen LogP contribution < -0.4 is 20.1 Å². The molecule has 0 radical (unpaired) electrons. The van der Waals surface area contributed by atoms with E-state index in [1.54, 1.807) is 31.4 Å². The number of rotatable bonds is 9. The molecule has 0 spiro atoms. The van der Waals surface area contributed by atoms with E-state index in [9.17, 15) is 9.59 Å². The van der Waals surface area contributed by atoms with Gasteiger partial charge in [0.2, 0.25) is 11.8 Å². The van der Waals surface area contributed by atoms with Crippen molar-refractivity contribution in [3.05, 3.63) is 54.1 Å². The summed E-state index contributed by atoms with van der Waals surface area (Å²) in [6, 6.07) is 14.7. The standard InChI is InChI=1S/C20H24N2O4/c1-3-26-17-9-7-16(8-10-17)22-20(24)14-19(23)21-12-11-15-5-4-6-18(13-15)25-2/h4-10,13H,3,11-12,14H2,1-2H3,(H,21,23)(H,22,24). The maximum atomic E-state index is 11.9. The SMILES string of the molecule is CCOc1ccc(NC(=O)CC(=O)NCCc2cccc(OC)c2)cc1. The Kier molecular flexibility index (Phi) is 7.49. The van der Waals surface area contributed by atoms with Crippen LogP contribution in [0.2, 0.25) is 0 Å². The second-order valence-electron chi connectivity index (χ2n) is 5.63. The fourth-order valence-corrected chi connectivity index (χ4v) is 2.39. The van der Waals surface area contributed by atoms with E-state index in [4.69, 9.17) is 9.47 Å². The number of carbonyl (C=O) groups is 2. The van der Waals surface area contributed by atoms with Crippen LogP contribution in [-0.2, 0) is 16.0 Å². The molecule has 2 aromatic rings. The van der Waals surface area contributed by atoms with Crippen LogP contribution in [0.25, 0.3) is 0 Å². The predicted octanol–water partition coefficient (Wildman–Crippen LogP) is 2.78. The molecule has 2 rings (SSSR count). The molecular weight excluding hydrogens is 332 g/mol. The van der Waals surface area contributed by atoms with Crippen LogP contribution in [0, 0.1) is 0 Å². The quantitative estimate of drug-likeness (QED) is 0.678. The van der Waals surface area contributed by atoms with Gasteiger partial charge in [0.05, 0.1) is 13.7 Å². The first-order chi connectivity index (χ1) is 12.6. The minimum absolute atomic E-state index is 0.217. The molecule has 6 nitrogen and oxygen atoms in total. The summed E-state index contributed by atoms with van der Waals surface area (Å²) in [4.78, 5) is 23.8. The molecule has 0 unspecified atom stereocenters. The van der Waals surface area contributed by atoms with Crippen molar-refractivity contribution in [3.8, 4) is 11.5 Å². The highest BCUT2D eigenvalue weighted by atomic mass is 16.5. The van der Waals surface area contributed by atoms with Gasteiger partial charge in [0.1, 0.15) is 17.9 Å². The number of nitrogens with one attached hydrogen (secondary N) is 2. The van der Waals surface area contributed by atoms with E-state index >= 15 is 0 Å². The summed E-state index contributed by atoms with van der Waals surface area (Å²) in [5.41, 5.74) is 1.69. The van der Waals surface area contributed by atoms with Crippen LogP contribution in [0.1, 0.15) is 18.9 Å². The highest BCUT2D eigenvalue weighted by Crippen LogP contribution is 2.16. The summed E-state index contributed by atoms with van der Waals surface area (Å²) >= 11 is 0. The molecule has 0 aliphatic rings. The zero-order chi connectivity index (χ0) is 18.8. The van der Waals surface area contributed by atoms with E-state index in [0.29, 0.717) is 25.3 Å². The van der Waals surface area contributed by atoms with E-state index in [1.165, 1.54) is 0 Å². The van der Waals surface area contributed by atoms with Crippen molar-refractivity contribution < 1.29 is 19.1 Å². The van der Waals surface area contributed by atoms with Gasteiger partial charge in [-0.1, -0.05) is 12.1 Å². The van der Waals surface area contributed by atoms with E-state index < -0.39 is 0 Å². The normalized spacial score (nSPS) is 10.1. The first-order valence-electron chi connectivity index (χ1n) is 8.53. The Morgan fingerprint density at radius 1 is 1.00 bits per heavy atom. The second kappa shape index (κ2) is 10.1. The molecule has 0 aliphatic carbocycles. The number of hydrogen-bond donors (Lipinski definition) is 2. The van der Waals surface area contributed by atoms with Gasteiger partial charge in [-0.15, -0.1) is 0 Å². The van der Waals surface area contributed by atoms with Gasteiger partial charge in [-0.3, -0.25) is 9.59 Å². The molecular formula is C20H24N2O4. The third-order valence-electron chi connectivity index (χ3n) is 3.64. The number of ether oxygens (including phenoxy) is 2. The molecule has 0 bridgehead atoms. The van der Waals surface area contributed by atoms with Gasteiger partial charge < -0.3 is 20.1 Å². The summed E-state index contributed by atoms with van der Waals surface area (Å²) in [6.45, 7) is 2.95. The Morgan fingerprint density at radius 3 is 2.46 bits per heavy atom. The topological polar surface area (TPSA) is 76.7 Å². The minimum atomic E-state index is -0.354.